The first-order valence-electron chi connectivity index (χ1n) is 11.3. The van der Waals surface area contributed by atoms with Gasteiger partial charge in [0, 0.05) is 39.1 Å². The van der Waals surface area contributed by atoms with E-state index < -0.39 is 0 Å². The van der Waals surface area contributed by atoms with E-state index in [4.69, 9.17) is 0 Å². The van der Waals surface area contributed by atoms with Crippen molar-refractivity contribution in [3.05, 3.63) is 96.7 Å². The van der Waals surface area contributed by atoms with Gasteiger partial charge in [0.25, 0.3) is 0 Å². The molecule has 0 bridgehead atoms. The zero-order chi connectivity index (χ0) is 21.2. The Labute approximate surface area is 183 Å². The number of nitrogens with one attached hydrogen (secondary N) is 1. The van der Waals surface area contributed by atoms with Crippen molar-refractivity contribution in [2.24, 2.45) is 0 Å². The van der Waals surface area contributed by atoms with Crippen molar-refractivity contribution in [1.29, 1.82) is 0 Å². The third-order valence-corrected chi connectivity index (χ3v) is 6.02. The van der Waals surface area contributed by atoms with Gasteiger partial charge in [0.05, 0.1) is 5.52 Å². The van der Waals surface area contributed by atoms with Gasteiger partial charge in [-0.25, -0.2) is 0 Å². The minimum absolute atomic E-state index is 1.02. The standard InChI is InChI=1S/C29H28N2/c1-3-5-16-28(23(11-4-2)21-12-7-6-8-13-21)31-18-17-22-19-27-25(20-29(22)31)24-14-9-10-15-26(24)30-27/h5-10,12-20,30H,3-4,11H2,1-2H3/b16-5-,28-23-. The number of benzene rings is 3. The second-order valence-electron chi connectivity index (χ2n) is 8.10. The van der Waals surface area contributed by atoms with Crippen molar-refractivity contribution in [2.45, 2.75) is 33.1 Å². The van der Waals surface area contributed by atoms with Gasteiger partial charge in [0.1, 0.15) is 0 Å². The number of aromatic nitrogens is 2. The lowest BCUT2D eigenvalue weighted by Gasteiger charge is -2.16. The predicted octanol–water partition coefficient (Wildman–Crippen LogP) is 8.41. The third kappa shape index (κ3) is 3.48. The van der Waals surface area contributed by atoms with Gasteiger partial charge in [-0.15, -0.1) is 0 Å². The number of nitrogens with zero attached hydrogens (tertiary/aromatic N) is 1. The van der Waals surface area contributed by atoms with E-state index in [0.717, 1.165) is 19.3 Å². The van der Waals surface area contributed by atoms with Gasteiger partial charge in [-0.1, -0.05) is 74.9 Å². The van der Waals surface area contributed by atoms with E-state index >= 15 is 0 Å². The van der Waals surface area contributed by atoms with E-state index in [-0.39, 0.29) is 0 Å². The van der Waals surface area contributed by atoms with Crippen LogP contribution in [0, 0.1) is 0 Å². The Balaban J connectivity index is 1.80. The monoisotopic (exact) mass is 404 g/mol. The van der Waals surface area contributed by atoms with Crippen LogP contribution in [0.15, 0.2) is 91.1 Å². The van der Waals surface area contributed by atoms with E-state index in [0.29, 0.717) is 0 Å². The topological polar surface area (TPSA) is 20.7 Å². The van der Waals surface area contributed by atoms with Crippen LogP contribution in [-0.2, 0) is 0 Å². The number of hydrogen-bond acceptors (Lipinski definition) is 0. The molecule has 0 radical (unpaired) electrons. The highest BCUT2D eigenvalue weighted by Gasteiger charge is 2.13. The normalized spacial score (nSPS) is 13.0. The quantitative estimate of drug-likeness (QED) is 0.274. The molecule has 154 valence electrons. The average Bonchev–Trinajstić information content (AvgIpc) is 3.38. The second-order valence-corrected chi connectivity index (χ2v) is 8.10. The molecule has 0 saturated heterocycles. The first-order valence-corrected chi connectivity index (χ1v) is 11.3. The minimum Gasteiger partial charge on any atom is -0.354 e. The molecule has 0 amide bonds. The average molecular weight is 405 g/mol. The van der Waals surface area contributed by atoms with Crippen molar-refractivity contribution < 1.29 is 0 Å². The smallest absolute Gasteiger partial charge is 0.0536 e. The number of rotatable bonds is 6. The molecule has 0 saturated carbocycles. The Morgan fingerprint density at radius 3 is 2.48 bits per heavy atom. The van der Waals surface area contributed by atoms with E-state index in [1.165, 1.54) is 49.5 Å². The molecular formula is C29H28N2. The maximum Gasteiger partial charge on any atom is 0.0536 e. The highest BCUT2D eigenvalue weighted by atomic mass is 15.0. The van der Waals surface area contributed by atoms with Crippen LogP contribution in [-0.4, -0.2) is 9.55 Å². The first-order chi connectivity index (χ1) is 15.3. The van der Waals surface area contributed by atoms with Crippen LogP contribution in [0.4, 0.5) is 0 Å². The largest absolute Gasteiger partial charge is 0.354 e. The molecule has 0 fully saturated rings. The SMILES string of the molecule is CC/C=C\C(=C(/CCC)c1ccccc1)n1ccc2cc3[nH]c4ccccc4c3cc21. The molecule has 31 heavy (non-hydrogen) atoms. The zero-order valence-corrected chi connectivity index (χ0v) is 18.2. The van der Waals surface area contributed by atoms with Crippen LogP contribution in [0.25, 0.3) is 44.0 Å². The third-order valence-electron chi connectivity index (χ3n) is 6.02. The zero-order valence-electron chi connectivity index (χ0n) is 18.2. The van der Waals surface area contributed by atoms with E-state index in [2.05, 4.69) is 115 Å². The Morgan fingerprint density at radius 1 is 0.871 bits per heavy atom. The molecule has 0 aliphatic rings. The van der Waals surface area contributed by atoms with Crippen LogP contribution in [0.1, 0.15) is 38.7 Å². The molecule has 2 heterocycles. The van der Waals surface area contributed by atoms with Gasteiger partial charge in [-0.3, -0.25) is 0 Å². The van der Waals surface area contributed by atoms with Gasteiger partial charge < -0.3 is 9.55 Å². The van der Waals surface area contributed by atoms with Crippen LogP contribution in [0.2, 0.25) is 0 Å². The summed E-state index contributed by atoms with van der Waals surface area (Å²) in [7, 11) is 0. The summed E-state index contributed by atoms with van der Waals surface area (Å²) in [6.07, 6.45) is 9.96. The molecule has 0 aliphatic heterocycles. The lowest BCUT2D eigenvalue weighted by atomic mass is 9.98. The number of hydrogen-bond donors (Lipinski definition) is 1. The summed E-state index contributed by atoms with van der Waals surface area (Å²) in [6.45, 7) is 4.45. The summed E-state index contributed by atoms with van der Waals surface area (Å²) in [4.78, 5) is 3.58. The van der Waals surface area contributed by atoms with Crippen LogP contribution < -0.4 is 0 Å². The number of H-pyrrole nitrogens is 1. The molecule has 0 aliphatic carbocycles. The predicted molar refractivity (Wildman–Crippen MR) is 135 cm³/mol. The number of aromatic amines is 1. The summed E-state index contributed by atoms with van der Waals surface area (Å²) in [6, 6.07) is 26.2. The Hall–Kier alpha value is -3.52. The molecule has 5 rings (SSSR count). The molecule has 3 aromatic carbocycles. The lowest BCUT2D eigenvalue weighted by molar-refractivity contribution is 0.968. The fraction of sp³-hybridized carbons (Fsp3) is 0.172. The lowest BCUT2D eigenvalue weighted by Crippen LogP contribution is -1.99. The minimum atomic E-state index is 1.02. The van der Waals surface area contributed by atoms with Gasteiger partial charge in [-0.05, 0) is 54.3 Å². The Bertz CT molecular complexity index is 1410. The fourth-order valence-corrected chi connectivity index (χ4v) is 4.56. The number of allylic oxidation sites excluding steroid dienone is 4. The fourth-order valence-electron chi connectivity index (χ4n) is 4.56. The summed E-state index contributed by atoms with van der Waals surface area (Å²) in [5.74, 6) is 0. The highest BCUT2D eigenvalue weighted by Crippen LogP contribution is 2.34. The molecule has 0 unspecified atom stereocenters. The maximum atomic E-state index is 3.58. The molecular weight excluding hydrogens is 376 g/mol. The summed E-state index contributed by atoms with van der Waals surface area (Å²) >= 11 is 0. The molecule has 2 aromatic heterocycles. The van der Waals surface area contributed by atoms with Gasteiger partial charge in [-0.2, -0.15) is 0 Å². The van der Waals surface area contributed by atoms with E-state index in [9.17, 15) is 0 Å². The van der Waals surface area contributed by atoms with Crippen LogP contribution in [0.5, 0.6) is 0 Å². The highest BCUT2D eigenvalue weighted by molar-refractivity contribution is 6.12. The molecule has 5 aromatic rings. The Morgan fingerprint density at radius 2 is 1.68 bits per heavy atom. The second kappa shape index (κ2) is 8.31. The van der Waals surface area contributed by atoms with Crippen LogP contribution >= 0.6 is 0 Å². The summed E-state index contributed by atoms with van der Waals surface area (Å²) in [5.41, 5.74) is 7.59. The van der Waals surface area contributed by atoms with Crippen molar-refractivity contribution in [3.8, 4) is 0 Å². The van der Waals surface area contributed by atoms with E-state index in [1.54, 1.807) is 0 Å². The molecule has 2 nitrogen and oxygen atoms in total. The van der Waals surface area contributed by atoms with Crippen molar-refractivity contribution in [2.75, 3.05) is 0 Å². The molecule has 0 spiro atoms. The number of para-hydroxylation sites is 1. The molecule has 0 atom stereocenters. The number of fused-ring (bicyclic) bond motifs is 4. The molecule has 1 N–H and O–H groups in total. The Kier molecular flexibility index (Phi) is 5.21. The van der Waals surface area contributed by atoms with Crippen molar-refractivity contribution >= 4 is 44.0 Å². The maximum absolute atomic E-state index is 3.58. The van der Waals surface area contributed by atoms with Gasteiger partial charge in [0.2, 0.25) is 0 Å². The van der Waals surface area contributed by atoms with Gasteiger partial charge >= 0.3 is 0 Å². The van der Waals surface area contributed by atoms with E-state index in [1.807, 2.05) is 0 Å². The summed E-state index contributed by atoms with van der Waals surface area (Å²) in [5, 5.41) is 3.81. The van der Waals surface area contributed by atoms with Crippen LogP contribution in [0.3, 0.4) is 0 Å². The molecule has 2 heteroatoms. The summed E-state index contributed by atoms with van der Waals surface area (Å²) < 4.78 is 2.38. The first kappa shape index (κ1) is 19.4. The van der Waals surface area contributed by atoms with Crippen molar-refractivity contribution in [3.63, 3.8) is 0 Å². The van der Waals surface area contributed by atoms with Gasteiger partial charge in [0.15, 0.2) is 0 Å². The van der Waals surface area contributed by atoms with Crippen molar-refractivity contribution in [1.82, 2.24) is 9.55 Å².